The molecular weight excluding hydrogens is 302 g/mol. The number of aliphatic carboxylic acids is 1. The van der Waals surface area contributed by atoms with E-state index in [-0.39, 0.29) is 12.3 Å². The molecule has 116 valence electrons. The number of nitrogens with zero attached hydrogens (tertiary/aromatic N) is 2. The molecule has 0 aromatic carbocycles. The van der Waals surface area contributed by atoms with Gasteiger partial charge < -0.3 is 10.4 Å². The van der Waals surface area contributed by atoms with Crippen molar-refractivity contribution in [1.82, 2.24) is 9.97 Å². The summed E-state index contributed by atoms with van der Waals surface area (Å²) in [7, 11) is 0. The number of anilines is 1. The Kier molecular flexibility index (Phi) is 6.02. The second kappa shape index (κ2) is 8.23. The van der Waals surface area contributed by atoms with Gasteiger partial charge in [0, 0.05) is 36.2 Å². The van der Waals surface area contributed by atoms with Crippen molar-refractivity contribution in [3.8, 4) is 11.3 Å². The van der Waals surface area contributed by atoms with Gasteiger partial charge in [-0.1, -0.05) is 6.42 Å². The number of hydrogen-bond acceptors (Lipinski definition) is 5. The van der Waals surface area contributed by atoms with Crippen molar-refractivity contribution in [1.29, 1.82) is 0 Å². The number of carboxylic acid groups (broad SMARTS) is 1. The van der Waals surface area contributed by atoms with Crippen LogP contribution in [-0.4, -0.2) is 27.0 Å². The average Bonchev–Trinajstić information content (AvgIpc) is 2.96. The maximum atomic E-state index is 11.8. The molecule has 0 unspecified atom stereocenters. The molecule has 7 heteroatoms. The van der Waals surface area contributed by atoms with Crippen molar-refractivity contribution < 1.29 is 14.7 Å². The normalized spacial score (nSPS) is 10.4. The first-order chi connectivity index (χ1) is 10.6. The second-order valence-corrected chi connectivity index (χ2v) is 5.63. The third-order valence-electron chi connectivity index (χ3n) is 3.02. The van der Waals surface area contributed by atoms with Crippen LogP contribution in [0, 0.1) is 0 Å². The maximum Gasteiger partial charge on any atom is 0.303 e. The molecule has 0 aliphatic heterocycles. The lowest BCUT2D eigenvalue weighted by molar-refractivity contribution is -0.137. The molecule has 0 atom stereocenters. The first-order valence-electron chi connectivity index (χ1n) is 7.03. The second-order valence-electron chi connectivity index (χ2n) is 4.78. The van der Waals surface area contributed by atoms with E-state index in [4.69, 9.17) is 5.11 Å². The van der Waals surface area contributed by atoms with Gasteiger partial charge in [0.25, 0.3) is 0 Å². The molecule has 2 N–H and O–H groups in total. The van der Waals surface area contributed by atoms with E-state index in [0.717, 1.165) is 17.7 Å². The fraction of sp³-hybridized carbons (Fsp3) is 0.333. The van der Waals surface area contributed by atoms with Gasteiger partial charge in [0.05, 0.1) is 5.69 Å². The standard InChI is InChI=1S/C15H17N3O3S/c19-13(4-2-1-3-5-14(20)21)18-15-17-12(10-22-15)11-6-8-16-9-7-11/h6-10H,1-5H2,(H,20,21)(H,17,18,19). The van der Waals surface area contributed by atoms with E-state index in [9.17, 15) is 9.59 Å². The third kappa shape index (κ3) is 5.25. The molecule has 0 radical (unpaired) electrons. The number of carbonyl (C=O) groups excluding carboxylic acids is 1. The monoisotopic (exact) mass is 319 g/mol. The number of amides is 1. The van der Waals surface area contributed by atoms with Gasteiger partial charge in [-0.05, 0) is 25.0 Å². The van der Waals surface area contributed by atoms with Crippen LogP contribution in [0.4, 0.5) is 5.13 Å². The number of pyridine rings is 1. The zero-order valence-corrected chi connectivity index (χ0v) is 12.8. The Labute approximate surface area is 132 Å². The van der Waals surface area contributed by atoms with Gasteiger partial charge in [0.1, 0.15) is 0 Å². The Hall–Kier alpha value is -2.28. The third-order valence-corrected chi connectivity index (χ3v) is 3.78. The molecule has 2 rings (SSSR count). The largest absolute Gasteiger partial charge is 0.481 e. The molecule has 0 spiro atoms. The predicted octanol–water partition coefficient (Wildman–Crippen LogP) is 3.18. The summed E-state index contributed by atoms with van der Waals surface area (Å²) in [6.07, 6.45) is 5.95. The SMILES string of the molecule is O=C(O)CCCCCC(=O)Nc1nc(-c2ccncc2)cs1. The Morgan fingerprint density at radius 1 is 1.14 bits per heavy atom. The summed E-state index contributed by atoms with van der Waals surface area (Å²) in [5, 5.41) is 13.7. The zero-order valence-electron chi connectivity index (χ0n) is 12.0. The average molecular weight is 319 g/mol. The van der Waals surface area contributed by atoms with Gasteiger partial charge in [-0.15, -0.1) is 11.3 Å². The highest BCUT2D eigenvalue weighted by atomic mass is 32.1. The van der Waals surface area contributed by atoms with Crippen molar-refractivity contribution in [2.24, 2.45) is 0 Å². The van der Waals surface area contributed by atoms with Gasteiger partial charge in [-0.3, -0.25) is 14.6 Å². The number of hydrogen-bond donors (Lipinski definition) is 2. The van der Waals surface area contributed by atoms with Crippen molar-refractivity contribution in [2.75, 3.05) is 5.32 Å². The van der Waals surface area contributed by atoms with Crippen LogP contribution in [0.3, 0.4) is 0 Å². The predicted molar refractivity (Wildman–Crippen MR) is 84.7 cm³/mol. The van der Waals surface area contributed by atoms with Gasteiger partial charge in [-0.25, -0.2) is 4.98 Å². The van der Waals surface area contributed by atoms with E-state index in [1.807, 2.05) is 17.5 Å². The molecular formula is C15H17N3O3S. The summed E-state index contributed by atoms with van der Waals surface area (Å²) >= 11 is 1.38. The minimum atomic E-state index is -0.795. The van der Waals surface area contributed by atoms with E-state index < -0.39 is 5.97 Å². The van der Waals surface area contributed by atoms with Crippen LogP contribution in [-0.2, 0) is 9.59 Å². The number of thiazole rings is 1. The first kappa shape index (κ1) is 16.1. The van der Waals surface area contributed by atoms with Gasteiger partial charge >= 0.3 is 5.97 Å². The van der Waals surface area contributed by atoms with Crippen LogP contribution in [0.2, 0.25) is 0 Å². The van der Waals surface area contributed by atoms with Crippen LogP contribution >= 0.6 is 11.3 Å². The topological polar surface area (TPSA) is 92.2 Å². The Balaban J connectivity index is 1.76. The smallest absolute Gasteiger partial charge is 0.303 e. The minimum Gasteiger partial charge on any atom is -0.481 e. The lowest BCUT2D eigenvalue weighted by Gasteiger charge is -2.01. The molecule has 1 amide bonds. The lowest BCUT2D eigenvalue weighted by atomic mass is 10.1. The highest BCUT2D eigenvalue weighted by Gasteiger charge is 2.08. The van der Waals surface area contributed by atoms with Crippen LogP contribution in [0.5, 0.6) is 0 Å². The van der Waals surface area contributed by atoms with Crippen molar-refractivity contribution in [3.63, 3.8) is 0 Å². The molecule has 2 heterocycles. The Morgan fingerprint density at radius 3 is 2.59 bits per heavy atom. The minimum absolute atomic E-state index is 0.0917. The highest BCUT2D eigenvalue weighted by Crippen LogP contribution is 2.24. The molecule has 22 heavy (non-hydrogen) atoms. The zero-order chi connectivity index (χ0) is 15.8. The molecule has 0 saturated heterocycles. The van der Waals surface area contributed by atoms with E-state index in [1.165, 1.54) is 11.3 Å². The number of carboxylic acids is 1. The molecule has 0 saturated carbocycles. The number of aromatic nitrogens is 2. The van der Waals surface area contributed by atoms with Crippen molar-refractivity contribution in [2.45, 2.75) is 32.1 Å². The molecule has 0 aliphatic rings. The summed E-state index contributed by atoms with van der Waals surface area (Å²) in [6.45, 7) is 0. The van der Waals surface area contributed by atoms with Gasteiger partial charge in [-0.2, -0.15) is 0 Å². The van der Waals surface area contributed by atoms with E-state index >= 15 is 0 Å². The maximum absolute atomic E-state index is 11.8. The summed E-state index contributed by atoms with van der Waals surface area (Å²) < 4.78 is 0. The summed E-state index contributed by atoms with van der Waals surface area (Å²) in [5.74, 6) is -0.887. The molecule has 2 aromatic rings. The van der Waals surface area contributed by atoms with Gasteiger partial charge in [0.15, 0.2) is 5.13 Å². The number of nitrogens with one attached hydrogen (secondary N) is 1. The number of carbonyl (C=O) groups is 2. The quantitative estimate of drug-likeness (QED) is 0.729. The van der Waals surface area contributed by atoms with Crippen molar-refractivity contribution >= 4 is 28.3 Å². The summed E-state index contributed by atoms with van der Waals surface area (Å²) in [5.41, 5.74) is 1.77. The summed E-state index contributed by atoms with van der Waals surface area (Å²) in [4.78, 5) is 30.5. The highest BCUT2D eigenvalue weighted by molar-refractivity contribution is 7.14. The Bertz CT molecular complexity index is 628. The van der Waals surface area contributed by atoms with Crippen LogP contribution in [0.25, 0.3) is 11.3 Å². The number of rotatable bonds is 8. The summed E-state index contributed by atoms with van der Waals surface area (Å²) in [6, 6.07) is 3.73. The molecule has 0 aliphatic carbocycles. The van der Waals surface area contributed by atoms with Crippen LogP contribution < -0.4 is 5.32 Å². The molecule has 6 nitrogen and oxygen atoms in total. The van der Waals surface area contributed by atoms with E-state index in [0.29, 0.717) is 24.4 Å². The van der Waals surface area contributed by atoms with E-state index in [1.54, 1.807) is 12.4 Å². The fourth-order valence-electron chi connectivity index (χ4n) is 1.91. The van der Waals surface area contributed by atoms with Crippen molar-refractivity contribution in [3.05, 3.63) is 29.9 Å². The van der Waals surface area contributed by atoms with E-state index in [2.05, 4.69) is 15.3 Å². The lowest BCUT2D eigenvalue weighted by Crippen LogP contribution is -2.10. The number of unbranched alkanes of at least 4 members (excludes halogenated alkanes) is 2. The fourth-order valence-corrected chi connectivity index (χ4v) is 2.64. The molecule has 2 aromatic heterocycles. The molecule has 0 fully saturated rings. The Morgan fingerprint density at radius 2 is 1.86 bits per heavy atom. The molecule has 0 bridgehead atoms. The first-order valence-corrected chi connectivity index (χ1v) is 7.90. The van der Waals surface area contributed by atoms with Gasteiger partial charge in [0.2, 0.25) is 5.91 Å². The van der Waals surface area contributed by atoms with Crippen LogP contribution in [0.1, 0.15) is 32.1 Å². The van der Waals surface area contributed by atoms with Crippen LogP contribution in [0.15, 0.2) is 29.9 Å².